The molecule has 2 atom stereocenters. The number of benzene rings is 1. The van der Waals surface area contributed by atoms with Crippen molar-refractivity contribution in [3.05, 3.63) is 72.1 Å². The largest absolute Gasteiger partial charge is 0.324 e. The van der Waals surface area contributed by atoms with Gasteiger partial charge in [0.15, 0.2) is 0 Å². The number of piperidine rings is 1. The molecule has 2 saturated heterocycles. The van der Waals surface area contributed by atoms with Crippen molar-refractivity contribution in [3.63, 3.8) is 0 Å². The minimum absolute atomic E-state index is 0.672. The van der Waals surface area contributed by atoms with Crippen LogP contribution >= 0.6 is 0 Å². The maximum atomic E-state index is 4.63. The summed E-state index contributed by atoms with van der Waals surface area (Å²) in [5, 5.41) is 0. The van der Waals surface area contributed by atoms with Gasteiger partial charge in [0.2, 0.25) is 0 Å². The summed E-state index contributed by atoms with van der Waals surface area (Å²) in [7, 11) is 4.86. The first-order chi connectivity index (χ1) is 11.6. The molecule has 0 radical (unpaired) electrons. The Kier molecular flexibility index (Phi) is 4.01. The number of allylic oxidation sites excluding steroid dienone is 1. The second kappa shape index (κ2) is 6.18. The number of quaternary nitrogens is 1. The lowest BCUT2D eigenvalue weighted by Crippen LogP contribution is -2.54. The molecular weight excluding hydrogens is 292 g/mol. The van der Waals surface area contributed by atoms with Crippen molar-refractivity contribution in [2.24, 2.45) is 5.92 Å². The lowest BCUT2D eigenvalue weighted by molar-refractivity contribution is -0.931. The van der Waals surface area contributed by atoms with Crippen LogP contribution < -0.4 is 0 Å². The highest BCUT2D eigenvalue weighted by Crippen LogP contribution is 2.43. The van der Waals surface area contributed by atoms with Gasteiger partial charge in [-0.3, -0.25) is 4.98 Å². The molecule has 0 spiro atoms. The number of hydrogen-bond donors (Lipinski definition) is 0. The van der Waals surface area contributed by atoms with Gasteiger partial charge in [-0.2, -0.15) is 0 Å². The van der Waals surface area contributed by atoms with Crippen LogP contribution in [-0.2, 0) is 0 Å². The fraction of sp³-hybridized carbons (Fsp3) is 0.409. The number of fused-ring (bicyclic) bond motifs is 2. The normalized spacial score (nSPS) is 28.8. The summed E-state index contributed by atoms with van der Waals surface area (Å²) in [4.78, 5) is 4.63. The number of hydrogen-bond acceptors (Lipinski definition) is 1. The summed E-state index contributed by atoms with van der Waals surface area (Å²) in [6.45, 7) is 0. The molecule has 24 heavy (non-hydrogen) atoms. The van der Waals surface area contributed by atoms with Gasteiger partial charge in [0, 0.05) is 37.5 Å². The molecule has 2 heteroatoms. The molecule has 2 aliphatic heterocycles. The minimum Gasteiger partial charge on any atom is -0.324 e. The van der Waals surface area contributed by atoms with Crippen molar-refractivity contribution >= 4 is 5.57 Å². The van der Waals surface area contributed by atoms with Gasteiger partial charge in [0.05, 0.1) is 31.9 Å². The lowest BCUT2D eigenvalue weighted by atomic mass is 9.86. The Morgan fingerprint density at radius 3 is 2.25 bits per heavy atom. The third-order valence-corrected chi connectivity index (χ3v) is 6.29. The number of aromatic nitrogens is 1. The quantitative estimate of drug-likeness (QED) is 0.757. The molecule has 0 aliphatic carbocycles. The third kappa shape index (κ3) is 2.80. The monoisotopic (exact) mass is 319 g/mol. The van der Waals surface area contributed by atoms with Crippen LogP contribution in [0.2, 0.25) is 0 Å². The highest BCUT2D eigenvalue weighted by atomic mass is 15.4. The van der Waals surface area contributed by atoms with E-state index in [1.807, 2.05) is 12.3 Å². The molecule has 0 N–H and O–H groups in total. The molecule has 2 aliphatic rings. The third-order valence-electron chi connectivity index (χ3n) is 6.29. The fourth-order valence-electron chi connectivity index (χ4n) is 4.76. The van der Waals surface area contributed by atoms with E-state index in [2.05, 4.69) is 67.6 Å². The summed E-state index contributed by atoms with van der Waals surface area (Å²) in [5.41, 5.74) is 3.67. The van der Waals surface area contributed by atoms with Crippen molar-refractivity contribution < 1.29 is 4.48 Å². The summed E-state index contributed by atoms with van der Waals surface area (Å²) in [6.07, 6.45) is 9.83. The average molecular weight is 319 g/mol. The van der Waals surface area contributed by atoms with E-state index in [0.717, 1.165) is 17.8 Å². The topological polar surface area (TPSA) is 12.9 Å². The molecule has 1 aromatic carbocycles. The number of nitrogens with zero attached hydrogens (tertiary/aromatic N) is 2. The molecule has 2 fully saturated rings. The predicted octanol–water partition coefficient (Wildman–Crippen LogP) is 4.53. The first-order valence-electron chi connectivity index (χ1n) is 9.16. The van der Waals surface area contributed by atoms with Crippen LogP contribution in [-0.4, -0.2) is 35.6 Å². The molecule has 2 aromatic rings. The molecular formula is C22H27N2+. The zero-order valence-electron chi connectivity index (χ0n) is 14.7. The number of pyridine rings is 1. The Morgan fingerprint density at radius 2 is 1.62 bits per heavy atom. The molecule has 3 heterocycles. The Hall–Kier alpha value is -1.93. The average Bonchev–Trinajstić information content (AvgIpc) is 2.79. The lowest BCUT2D eigenvalue weighted by Gasteiger charge is -2.43. The Bertz CT molecular complexity index is 661. The predicted molar refractivity (Wildman–Crippen MR) is 99.4 cm³/mol. The number of rotatable bonds is 3. The summed E-state index contributed by atoms with van der Waals surface area (Å²) >= 11 is 0. The highest BCUT2D eigenvalue weighted by Gasteiger charge is 2.48. The van der Waals surface area contributed by atoms with Crippen LogP contribution in [0.3, 0.4) is 0 Å². The van der Waals surface area contributed by atoms with E-state index in [1.165, 1.54) is 41.3 Å². The van der Waals surface area contributed by atoms with Crippen LogP contribution in [0.5, 0.6) is 0 Å². The van der Waals surface area contributed by atoms with Gasteiger partial charge >= 0.3 is 0 Å². The van der Waals surface area contributed by atoms with Crippen molar-refractivity contribution in [2.75, 3.05) is 14.1 Å². The van der Waals surface area contributed by atoms with E-state index in [-0.39, 0.29) is 0 Å². The van der Waals surface area contributed by atoms with Gasteiger partial charge in [0.25, 0.3) is 0 Å². The van der Waals surface area contributed by atoms with Crippen LogP contribution in [0.4, 0.5) is 0 Å². The Morgan fingerprint density at radius 1 is 0.958 bits per heavy atom. The molecule has 1 aromatic heterocycles. The van der Waals surface area contributed by atoms with Crippen LogP contribution in [0.15, 0.2) is 60.8 Å². The van der Waals surface area contributed by atoms with E-state index in [4.69, 9.17) is 0 Å². The van der Waals surface area contributed by atoms with Crippen molar-refractivity contribution in [1.82, 2.24) is 4.98 Å². The molecule has 124 valence electrons. The highest BCUT2D eigenvalue weighted by molar-refractivity contribution is 5.77. The summed E-state index contributed by atoms with van der Waals surface area (Å²) in [6, 6.07) is 18.6. The summed E-state index contributed by atoms with van der Waals surface area (Å²) in [5.74, 6) is 0.672. The molecule has 2 bridgehead atoms. The van der Waals surface area contributed by atoms with Crippen molar-refractivity contribution in [2.45, 2.75) is 37.8 Å². The van der Waals surface area contributed by atoms with E-state index in [0.29, 0.717) is 5.92 Å². The van der Waals surface area contributed by atoms with E-state index < -0.39 is 0 Å². The second-order valence-electron chi connectivity index (χ2n) is 7.91. The molecule has 4 rings (SSSR count). The van der Waals surface area contributed by atoms with E-state index >= 15 is 0 Å². The van der Waals surface area contributed by atoms with Crippen LogP contribution in [0, 0.1) is 5.92 Å². The van der Waals surface area contributed by atoms with Gasteiger partial charge in [-0.05, 0) is 23.6 Å². The van der Waals surface area contributed by atoms with Crippen molar-refractivity contribution in [1.29, 1.82) is 0 Å². The fourth-order valence-corrected chi connectivity index (χ4v) is 4.76. The summed E-state index contributed by atoms with van der Waals surface area (Å²) < 4.78 is 1.23. The van der Waals surface area contributed by atoms with Gasteiger partial charge in [-0.1, -0.05) is 42.5 Å². The molecule has 0 amide bonds. The van der Waals surface area contributed by atoms with Crippen LogP contribution in [0.25, 0.3) is 5.57 Å². The van der Waals surface area contributed by atoms with E-state index in [9.17, 15) is 0 Å². The van der Waals surface area contributed by atoms with Crippen LogP contribution in [0.1, 0.15) is 36.9 Å². The smallest absolute Gasteiger partial charge is 0.0896 e. The molecule has 0 saturated carbocycles. The zero-order chi connectivity index (χ0) is 16.6. The maximum Gasteiger partial charge on any atom is 0.0896 e. The maximum absolute atomic E-state index is 4.63. The van der Waals surface area contributed by atoms with Gasteiger partial charge < -0.3 is 4.48 Å². The van der Waals surface area contributed by atoms with Gasteiger partial charge in [-0.15, -0.1) is 0 Å². The standard InChI is InChI=1S/C22H27N2/c1-24(2)19-11-12-20(24)15-17(14-19)16-21(18-8-4-3-5-9-18)22-10-6-7-13-23-22/h3-10,13,16-17,19-20H,11-12,14-15H2,1-2H3/q+1/b21-16-. The molecule has 2 nitrogen and oxygen atoms in total. The first kappa shape index (κ1) is 15.6. The zero-order valence-corrected chi connectivity index (χ0v) is 14.7. The molecule has 2 unspecified atom stereocenters. The second-order valence-corrected chi connectivity index (χ2v) is 7.91. The first-order valence-corrected chi connectivity index (χ1v) is 9.16. The van der Waals surface area contributed by atoms with Gasteiger partial charge in [0.1, 0.15) is 0 Å². The Balaban J connectivity index is 1.69. The Labute approximate surface area is 145 Å². The van der Waals surface area contributed by atoms with Gasteiger partial charge in [-0.25, -0.2) is 0 Å². The SMILES string of the molecule is C[N+]1(C)C2CCC1CC(/C=C(/c1ccccc1)c1ccccn1)C2. The minimum atomic E-state index is 0.672. The van der Waals surface area contributed by atoms with E-state index in [1.54, 1.807) is 0 Å². The van der Waals surface area contributed by atoms with Crippen molar-refractivity contribution in [3.8, 4) is 0 Å².